The van der Waals surface area contributed by atoms with Crippen molar-refractivity contribution in [2.24, 2.45) is 5.14 Å². The van der Waals surface area contributed by atoms with Gasteiger partial charge in [0.1, 0.15) is 0 Å². The van der Waals surface area contributed by atoms with E-state index in [9.17, 15) is 21.6 Å². The van der Waals surface area contributed by atoms with Crippen molar-refractivity contribution in [3.8, 4) is 0 Å². The van der Waals surface area contributed by atoms with Crippen LogP contribution in [0.5, 0.6) is 0 Å². The van der Waals surface area contributed by atoms with Gasteiger partial charge in [0, 0.05) is 25.2 Å². The molecule has 162 valence electrons. The van der Waals surface area contributed by atoms with Crippen LogP contribution in [0.1, 0.15) is 34.3 Å². The highest BCUT2D eigenvalue weighted by Crippen LogP contribution is 2.23. The lowest BCUT2D eigenvalue weighted by Crippen LogP contribution is -2.29. The number of sulfonamides is 2. The molecule has 0 saturated carbocycles. The number of benzene rings is 2. The lowest BCUT2D eigenvalue weighted by atomic mass is 10.1. The van der Waals surface area contributed by atoms with Crippen molar-refractivity contribution in [3.63, 3.8) is 0 Å². The number of carbonyl (C=O) groups excluding carboxylic acids is 1. The predicted octanol–water partition coefficient (Wildman–Crippen LogP) is 1.40. The van der Waals surface area contributed by atoms with Crippen molar-refractivity contribution in [1.29, 1.82) is 0 Å². The molecule has 1 fully saturated rings. The summed E-state index contributed by atoms with van der Waals surface area (Å²) in [4.78, 5) is 12.8. The van der Waals surface area contributed by atoms with E-state index in [1.807, 2.05) is 0 Å². The van der Waals surface area contributed by atoms with Crippen LogP contribution in [0.15, 0.2) is 52.3 Å². The maximum Gasteiger partial charge on any atom is 0.251 e. The number of nitrogens with one attached hydrogen (secondary N) is 1. The molecule has 0 spiro atoms. The quantitative estimate of drug-likeness (QED) is 0.658. The molecular formula is C20H25N3O5S2. The van der Waals surface area contributed by atoms with Gasteiger partial charge >= 0.3 is 0 Å². The molecule has 0 bridgehead atoms. The predicted molar refractivity (Wildman–Crippen MR) is 113 cm³/mol. The van der Waals surface area contributed by atoms with E-state index >= 15 is 0 Å². The Morgan fingerprint density at radius 2 is 1.60 bits per heavy atom. The fourth-order valence-electron chi connectivity index (χ4n) is 3.35. The number of amides is 1. The lowest BCUT2D eigenvalue weighted by Gasteiger charge is -2.17. The van der Waals surface area contributed by atoms with Gasteiger partial charge in [-0.15, -0.1) is 0 Å². The van der Waals surface area contributed by atoms with Gasteiger partial charge in [0.05, 0.1) is 9.79 Å². The molecule has 1 aliphatic rings. The van der Waals surface area contributed by atoms with Crippen molar-refractivity contribution in [1.82, 2.24) is 9.62 Å². The van der Waals surface area contributed by atoms with Gasteiger partial charge in [0.2, 0.25) is 20.0 Å². The molecule has 2 aromatic carbocycles. The molecule has 1 amide bonds. The first-order chi connectivity index (χ1) is 14.1. The third-order valence-electron chi connectivity index (χ3n) is 5.11. The summed E-state index contributed by atoms with van der Waals surface area (Å²) in [6.45, 7) is 3.08. The van der Waals surface area contributed by atoms with Crippen LogP contribution in [0, 0.1) is 6.92 Å². The normalized spacial score (nSPS) is 15.3. The highest BCUT2D eigenvalue weighted by molar-refractivity contribution is 7.89. The van der Waals surface area contributed by atoms with Crippen LogP contribution >= 0.6 is 0 Å². The average Bonchev–Trinajstić information content (AvgIpc) is 3.23. The molecule has 1 saturated heterocycles. The Morgan fingerprint density at radius 1 is 1.00 bits per heavy atom. The number of carbonyl (C=O) groups is 1. The van der Waals surface area contributed by atoms with Gasteiger partial charge in [0.25, 0.3) is 5.91 Å². The monoisotopic (exact) mass is 451 g/mol. The van der Waals surface area contributed by atoms with Crippen LogP contribution in [-0.2, 0) is 26.5 Å². The van der Waals surface area contributed by atoms with E-state index in [1.165, 1.54) is 28.6 Å². The smallest absolute Gasteiger partial charge is 0.251 e. The van der Waals surface area contributed by atoms with E-state index in [0.29, 0.717) is 37.2 Å². The van der Waals surface area contributed by atoms with Gasteiger partial charge in [-0.2, -0.15) is 4.31 Å². The standard InChI is InChI=1S/C20H25N3O5S2/c1-15-4-7-18(30(27,28)23-12-2-3-13-23)14-19(15)20(24)22-11-10-16-5-8-17(9-6-16)29(21,25)26/h4-9,14H,2-3,10-13H2,1H3,(H,22,24)(H2,21,25,26). The molecule has 10 heteroatoms. The van der Waals surface area contributed by atoms with Crippen molar-refractivity contribution in [2.45, 2.75) is 36.0 Å². The highest BCUT2D eigenvalue weighted by atomic mass is 32.2. The second-order valence-electron chi connectivity index (χ2n) is 7.28. The lowest BCUT2D eigenvalue weighted by molar-refractivity contribution is 0.0953. The number of nitrogens with zero attached hydrogens (tertiary/aromatic N) is 1. The van der Waals surface area contributed by atoms with Gasteiger partial charge in [-0.25, -0.2) is 22.0 Å². The molecule has 0 unspecified atom stereocenters. The summed E-state index contributed by atoms with van der Waals surface area (Å²) in [5, 5.41) is 7.87. The molecule has 1 heterocycles. The first-order valence-corrected chi connectivity index (χ1v) is 12.6. The van der Waals surface area contributed by atoms with E-state index in [-0.39, 0.29) is 15.7 Å². The molecule has 0 aliphatic carbocycles. The van der Waals surface area contributed by atoms with Crippen LogP contribution in [0.25, 0.3) is 0 Å². The summed E-state index contributed by atoms with van der Waals surface area (Å²) in [6.07, 6.45) is 2.18. The zero-order valence-corrected chi connectivity index (χ0v) is 18.3. The molecule has 0 atom stereocenters. The Labute approximate surface area is 177 Å². The van der Waals surface area contributed by atoms with Gasteiger partial charge in [-0.1, -0.05) is 18.2 Å². The molecule has 1 aliphatic heterocycles. The second kappa shape index (κ2) is 8.84. The van der Waals surface area contributed by atoms with Crippen molar-refractivity contribution >= 4 is 26.0 Å². The van der Waals surface area contributed by atoms with Gasteiger partial charge in [-0.05, 0) is 61.6 Å². The maximum absolute atomic E-state index is 12.8. The molecule has 2 aromatic rings. The number of aryl methyl sites for hydroxylation is 1. The zero-order valence-electron chi connectivity index (χ0n) is 16.7. The molecule has 0 aromatic heterocycles. The molecule has 3 N–H and O–H groups in total. The molecule has 0 radical (unpaired) electrons. The number of primary sulfonamides is 1. The van der Waals surface area contributed by atoms with E-state index in [0.717, 1.165) is 18.4 Å². The Bertz CT molecular complexity index is 1140. The van der Waals surface area contributed by atoms with Crippen LogP contribution in [0.4, 0.5) is 0 Å². The third kappa shape index (κ3) is 5.07. The molecule has 8 nitrogen and oxygen atoms in total. The van der Waals surface area contributed by atoms with Gasteiger partial charge < -0.3 is 5.32 Å². The zero-order chi connectivity index (χ0) is 21.9. The van der Waals surface area contributed by atoms with Crippen molar-refractivity contribution in [3.05, 3.63) is 59.2 Å². The SMILES string of the molecule is Cc1ccc(S(=O)(=O)N2CCCC2)cc1C(=O)NCCc1ccc(S(N)(=O)=O)cc1. The van der Waals surface area contributed by atoms with E-state index < -0.39 is 20.0 Å². The van der Waals surface area contributed by atoms with Crippen molar-refractivity contribution in [2.75, 3.05) is 19.6 Å². The van der Waals surface area contributed by atoms with Crippen LogP contribution in [-0.4, -0.2) is 46.7 Å². The summed E-state index contributed by atoms with van der Waals surface area (Å²) in [5.74, 6) is -0.355. The van der Waals surface area contributed by atoms with E-state index in [1.54, 1.807) is 25.1 Å². The number of rotatable bonds is 7. The molecule has 30 heavy (non-hydrogen) atoms. The summed E-state index contributed by atoms with van der Waals surface area (Å²) in [7, 11) is -7.34. The number of hydrogen-bond donors (Lipinski definition) is 2. The third-order valence-corrected chi connectivity index (χ3v) is 7.93. The van der Waals surface area contributed by atoms with E-state index in [4.69, 9.17) is 5.14 Å². The topological polar surface area (TPSA) is 127 Å². The highest BCUT2D eigenvalue weighted by Gasteiger charge is 2.28. The Kier molecular flexibility index (Phi) is 6.61. The van der Waals surface area contributed by atoms with Gasteiger partial charge in [0.15, 0.2) is 0 Å². The first kappa shape index (κ1) is 22.4. The van der Waals surface area contributed by atoms with E-state index in [2.05, 4.69) is 5.32 Å². The second-order valence-corrected chi connectivity index (χ2v) is 10.8. The Hall–Kier alpha value is -2.27. The number of hydrogen-bond acceptors (Lipinski definition) is 5. The minimum Gasteiger partial charge on any atom is -0.352 e. The summed E-state index contributed by atoms with van der Waals surface area (Å²) >= 11 is 0. The summed E-state index contributed by atoms with van der Waals surface area (Å²) < 4.78 is 49.6. The average molecular weight is 452 g/mol. The summed E-state index contributed by atoms with van der Waals surface area (Å²) in [5.41, 5.74) is 1.84. The Morgan fingerprint density at radius 3 is 2.20 bits per heavy atom. The largest absolute Gasteiger partial charge is 0.352 e. The van der Waals surface area contributed by atoms with Gasteiger partial charge in [-0.3, -0.25) is 4.79 Å². The van der Waals surface area contributed by atoms with Crippen LogP contribution < -0.4 is 10.5 Å². The maximum atomic E-state index is 12.8. The fourth-order valence-corrected chi connectivity index (χ4v) is 5.40. The van der Waals surface area contributed by atoms with Crippen LogP contribution in [0.2, 0.25) is 0 Å². The van der Waals surface area contributed by atoms with Crippen molar-refractivity contribution < 1.29 is 21.6 Å². The summed E-state index contributed by atoms with van der Waals surface area (Å²) in [6, 6.07) is 10.7. The Balaban J connectivity index is 1.67. The minimum atomic E-state index is -3.74. The molecule has 3 rings (SSSR count). The minimum absolute atomic E-state index is 0.0296. The fraction of sp³-hybridized carbons (Fsp3) is 0.350. The first-order valence-electron chi connectivity index (χ1n) is 9.60. The van der Waals surface area contributed by atoms with Crippen LogP contribution in [0.3, 0.4) is 0 Å². The number of nitrogens with two attached hydrogens (primary N) is 1. The molecular weight excluding hydrogens is 426 g/mol.